The summed E-state index contributed by atoms with van der Waals surface area (Å²) in [6.45, 7) is 7.38. The lowest BCUT2D eigenvalue weighted by atomic mass is 10.0. The van der Waals surface area contributed by atoms with E-state index in [-0.39, 0.29) is 0 Å². The van der Waals surface area contributed by atoms with Gasteiger partial charge in [0.15, 0.2) is 0 Å². The molecule has 0 radical (unpaired) electrons. The Bertz CT molecular complexity index is 506. The van der Waals surface area contributed by atoms with Gasteiger partial charge in [0.05, 0.1) is 0 Å². The van der Waals surface area contributed by atoms with Crippen LogP contribution in [0.4, 0.5) is 0 Å². The van der Waals surface area contributed by atoms with Crippen LogP contribution in [-0.4, -0.2) is 4.98 Å². The van der Waals surface area contributed by atoms with Gasteiger partial charge in [-0.05, 0) is 49.6 Å². The van der Waals surface area contributed by atoms with Crippen LogP contribution in [0, 0.1) is 13.8 Å². The van der Waals surface area contributed by atoms with Gasteiger partial charge in [-0.25, -0.2) is 0 Å². The third-order valence-corrected chi connectivity index (χ3v) is 3.31. The molecule has 1 heterocycles. The van der Waals surface area contributed by atoms with E-state index in [0.29, 0.717) is 6.04 Å². The Morgan fingerprint density at radius 3 is 2.56 bits per heavy atom. The van der Waals surface area contributed by atoms with E-state index in [1.165, 1.54) is 22.3 Å². The molecule has 18 heavy (non-hydrogen) atoms. The lowest BCUT2D eigenvalue weighted by Gasteiger charge is -2.15. The molecule has 2 heteroatoms. The van der Waals surface area contributed by atoms with Crippen molar-refractivity contribution in [3.63, 3.8) is 0 Å². The van der Waals surface area contributed by atoms with Gasteiger partial charge in [-0.1, -0.05) is 23.8 Å². The summed E-state index contributed by atoms with van der Waals surface area (Å²) < 4.78 is 0. The minimum Gasteiger partial charge on any atom is -0.306 e. The number of nitrogens with one attached hydrogen (secondary N) is 1. The van der Waals surface area contributed by atoms with Crippen molar-refractivity contribution in [3.8, 4) is 0 Å². The van der Waals surface area contributed by atoms with Crippen molar-refractivity contribution in [2.24, 2.45) is 0 Å². The highest BCUT2D eigenvalue weighted by atomic mass is 14.9. The fraction of sp³-hybridized carbons (Fsp3) is 0.312. The van der Waals surface area contributed by atoms with Crippen LogP contribution in [0.1, 0.15) is 35.2 Å². The van der Waals surface area contributed by atoms with E-state index in [9.17, 15) is 0 Å². The van der Waals surface area contributed by atoms with Crippen LogP contribution in [-0.2, 0) is 6.54 Å². The molecule has 0 bridgehead atoms. The Morgan fingerprint density at radius 1 is 1.11 bits per heavy atom. The maximum atomic E-state index is 4.04. The fourth-order valence-corrected chi connectivity index (χ4v) is 2.02. The van der Waals surface area contributed by atoms with Gasteiger partial charge in [-0.2, -0.15) is 0 Å². The van der Waals surface area contributed by atoms with E-state index < -0.39 is 0 Å². The van der Waals surface area contributed by atoms with Gasteiger partial charge >= 0.3 is 0 Å². The topological polar surface area (TPSA) is 24.9 Å². The number of aromatic nitrogens is 1. The Hall–Kier alpha value is -1.67. The summed E-state index contributed by atoms with van der Waals surface area (Å²) in [5, 5.41) is 3.56. The van der Waals surface area contributed by atoms with Gasteiger partial charge in [-0.3, -0.25) is 4.98 Å². The molecule has 0 unspecified atom stereocenters. The van der Waals surface area contributed by atoms with Gasteiger partial charge in [-0.15, -0.1) is 0 Å². The average molecular weight is 240 g/mol. The van der Waals surface area contributed by atoms with Crippen LogP contribution in [0.25, 0.3) is 0 Å². The highest BCUT2D eigenvalue weighted by Gasteiger charge is 2.05. The Kier molecular flexibility index (Phi) is 4.11. The minimum atomic E-state index is 0.341. The van der Waals surface area contributed by atoms with Gasteiger partial charge < -0.3 is 5.32 Å². The second-order valence-corrected chi connectivity index (χ2v) is 4.81. The second-order valence-electron chi connectivity index (χ2n) is 4.81. The van der Waals surface area contributed by atoms with E-state index in [1.807, 2.05) is 12.4 Å². The summed E-state index contributed by atoms with van der Waals surface area (Å²) in [4.78, 5) is 4.04. The highest BCUT2D eigenvalue weighted by molar-refractivity contribution is 5.30. The van der Waals surface area contributed by atoms with Crippen molar-refractivity contribution in [2.45, 2.75) is 33.4 Å². The highest BCUT2D eigenvalue weighted by Crippen LogP contribution is 2.14. The number of aryl methyl sites for hydroxylation is 2. The molecule has 94 valence electrons. The van der Waals surface area contributed by atoms with Gasteiger partial charge in [0, 0.05) is 25.0 Å². The zero-order chi connectivity index (χ0) is 13.0. The van der Waals surface area contributed by atoms with Crippen molar-refractivity contribution in [2.75, 3.05) is 0 Å². The van der Waals surface area contributed by atoms with Crippen LogP contribution >= 0.6 is 0 Å². The van der Waals surface area contributed by atoms with Crippen LogP contribution in [0.5, 0.6) is 0 Å². The second kappa shape index (κ2) is 5.78. The molecule has 2 rings (SSSR count). The molecule has 0 aliphatic carbocycles. The molecular formula is C16H20N2. The molecule has 0 fully saturated rings. The third kappa shape index (κ3) is 3.17. The summed E-state index contributed by atoms with van der Waals surface area (Å²) in [5.41, 5.74) is 5.30. The summed E-state index contributed by atoms with van der Waals surface area (Å²) in [5.74, 6) is 0. The molecule has 0 spiro atoms. The molecule has 0 saturated carbocycles. The van der Waals surface area contributed by atoms with E-state index in [1.54, 1.807) is 0 Å². The number of hydrogen-bond donors (Lipinski definition) is 1. The maximum Gasteiger partial charge on any atom is 0.0296 e. The predicted molar refractivity (Wildman–Crippen MR) is 75.4 cm³/mol. The number of hydrogen-bond acceptors (Lipinski definition) is 2. The van der Waals surface area contributed by atoms with E-state index in [4.69, 9.17) is 0 Å². The molecule has 2 nitrogen and oxygen atoms in total. The first-order chi connectivity index (χ1) is 8.66. The summed E-state index contributed by atoms with van der Waals surface area (Å²) >= 11 is 0. The van der Waals surface area contributed by atoms with Gasteiger partial charge in [0.1, 0.15) is 0 Å². The summed E-state index contributed by atoms with van der Waals surface area (Å²) in [6.07, 6.45) is 3.68. The number of nitrogens with zero attached hydrogens (tertiary/aromatic N) is 1. The molecule has 1 aromatic heterocycles. The number of benzene rings is 1. The molecule has 0 amide bonds. The molecule has 1 atom stereocenters. The van der Waals surface area contributed by atoms with Crippen LogP contribution in [0.2, 0.25) is 0 Å². The largest absolute Gasteiger partial charge is 0.306 e. The predicted octanol–water partition coefficient (Wildman–Crippen LogP) is 3.55. The fourth-order valence-electron chi connectivity index (χ4n) is 2.02. The minimum absolute atomic E-state index is 0.341. The maximum absolute atomic E-state index is 4.04. The van der Waals surface area contributed by atoms with Crippen LogP contribution in [0.3, 0.4) is 0 Å². The number of rotatable bonds is 4. The first-order valence-corrected chi connectivity index (χ1v) is 6.36. The normalized spacial score (nSPS) is 12.4. The van der Waals surface area contributed by atoms with Gasteiger partial charge in [0.25, 0.3) is 0 Å². The number of pyridine rings is 1. The Balaban J connectivity index is 2.01. The van der Waals surface area contributed by atoms with E-state index in [0.717, 1.165) is 6.54 Å². The molecule has 0 saturated heterocycles. The van der Waals surface area contributed by atoms with Crippen molar-refractivity contribution in [1.29, 1.82) is 0 Å². The smallest absolute Gasteiger partial charge is 0.0296 e. The SMILES string of the molecule is Cc1ccc(C)c(CN[C@H](C)c2ccncc2)c1. The Labute approximate surface area is 109 Å². The zero-order valence-corrected chi connectivity index (χ0v) is 11.3. The van der Waals surface area contributed by atoms with Crippen LogP contribution < -0.4 is 5.32 Å². The lowest BCUT2D eigenvalue weighted by molar-refractivity contribution is 0.572. The summed E-state index contributed by atoms with van der Waals surface area (Å²) in [6, 6.07) is 11.0. The van der Waals surface area contributed by atoms with Crippen LogP contribution in [0.15, 0.2) is 42.7 Å². The third-order valence-electron chi connectivity index (χ3n) is 3.31. The van der Waals surface area contributed by atoms with Crippen molar-refractivity contribution in [3.05, 3.63) is 65.0 Å². The molecule has 0 aliphatic heterocycles. The molecule has 1 aromatic carbocycles. The standard InChI is InChI=1S/C16H20N2/c1-12-4-5-13(2)16(10-12)11-18-14(3)15-6-8-17-9-7-15/h4-10,14,18H,11H2,1-3H3/t14-/m1/s1. The van der Waals surface area contributed by atoms with Crippen molar-refractivity contribution >= 4 is 0 Å². The van der Waals surface area contributed by atoms with Crippen molar-refractivity contribution < 1.29 is 0 Å². The summed E-state index contributed by atoms with van der Waals surface area (Å²) in [7, 11) is 0. The first kappa shape index (κ1) is 12.8. The zero-order valence-electron chi connectivity index (χ0n) is 11.3. The quantitative estimate of drug-likeness (QED) is 0.884. The Morgan fingerprint density at radius 2 is 1.83 bits per heavy atom. The molecule has 1 N–H and O–H groups in total. The van der Waals surface area contributed by atoms with E-state index in [2.05, 4.69) is 61.4 Å². The van der Waals surface area contributed by atoms with Crippen molar-refractivity contribution in [1.82, 2.24) is 10.3 Å². The van der Waals surface area contributed by atoms with E-state index >= 15 is 0 Å². The monoisotopic (exact) mass is 240 g/mol. The average Bonchev–Trinajstić information content (AvgIpc) is 2.40. The molecular weight excluding hydrogens is 220 g/mol. The van der Waals surface area contributed by atoms with Gasteiger partial charge in [0.2, 0.25) is 0 Å². The molecule has 2 aromatic rings. The first-order valence-electron chi connectivity index (χ1n) is 6.36. The lowest BCUT2D eigenvalue weighted by Crippen LogP contribution is -2.18. The molecule has 0 aliphatic rings.